The lowest BCUT2D eigenvalue weighted by atomic mass is 10.0. The van der Waals surface area contributed by atoms with Crippen molar-refractivity contribution in [3.05, 3.63) is 115 Å². The van der Waals surface area contributed by atoms with E-state index in [9.17, 15) is 9.59 Å². The van der Waals surface area contributed by atoms with Crippen LogP contribution in [-0.2, 0) is 18.7 Å². The van der Waals surface area contributed by atoms with Gasteiger partial charge < -0.3 is 11.1 Å². The van der Waals surface area contributed by atoms with Crippen molar-refractivity contribution in [2.75, 3.05) is 13.1 Å². The summed E-state index contributed by atoms with van der Waals surface area (Å²) in [6, 6.07) is 18.4. The second kappa shape index (κ2) is 12.5. The van der Waals surface area contributed by atoms with Gasteiger partial charge in [0, 0.05) is 42.0 Å². The van der Waals surface area contributed by atoms with Crippen molar-refractivity contribution in [3.63, 3.8) is 0 Å². The minimum atomic E-state index is -0.461. The minimum absolute atomic E-state index is 0.0756. The van der Waals surface area contributed by atoms with Gasteiger partial charge in [0.05, 0.1) is 21.7 Å². The van der Waals surface area contributed by atoms with E-state index in [1.165, 1.54) is 22.2 Å². The average molecular weight is 598 g/mol. The lowest BCUT2D eigenvalue weighted by Crippen LogP contribution is -2.40. The number of halogens is 2. The minimum Gasteiger partial charge on any atom is -0.366 e. The van der Waals surface area contributed by atoms with Crippen LogP contribution in [0, 0.1) is 0 Å². The first-order valence-electron chi connectivity index (χ1n) is 12.4. The topological polar surface area (TPSA) is 88.3 Å². The maximum atomic E-state index is 13.4. The van der Waals surface area contributed by atoms with Crippen LogP contribution >= 0.6 is 46.3 Å². The second-order valence-electron chi connectivity index (χ2n) is 9.19. The Balaban J connectivity index is 1.30. The highest BCUT2D eigenvalue weighted by molar-refractivity contribution is 7.98. The van der Waals surface area contributed by atoms with Gasteiger partial charge in [-0.25, -0.2) is 4.98 Å². The fraction of sp³-hybridized carbons (Fsp3) is 0.207. The number of thiophene rings is 1. The van der Waals surface area contributed by atoms with Crippen LogP contribution in [0.4, 0.5) is 0 Å². The van der Waals surface area contributed by atoms with Crippen molar-refractivity contribution >= 4 is 58.1 Å². The molecule has 0 bridgehead atoms. The van der Waals surface area contributed by atoms with Gasteiger partial charge in [-0.2, -0.15) is 0 Å². The number of nitrogens with zero attached hydrogens (tertiary/aromatic N) is 2. The number of thioether (sulfide) groups is 1. The van der Waals surface area contributed by atoms with E-state index in [-0.39, 0.29) is 11.9 Å². The Morgan fingerprint density at radius 1 is 1.10 bits per heavy atom. The van der Waals surface area contributed by atoms with Crippen molar-refractivity contribution in [2.45, 2.75) is 29.8 Å². The number of nitrogens with two attached hydrogens (primary N) is 1. The van der Waals surface area contributed by atoms with Gasteiger partial charge >= 0.3 is 0 Å². The molecule has 1 unspecified atom stereocenters. The number of amides is 2. The van der Waals surface area contributed by atoms with Crippen molar-refractivity contribution in [2.24, 2.45) is 5.73 Å². The molecule has 0 aliphatic carbocycles. The molecule has 6 nitrogen and oxygen atoms in total. The highest BCUT2D eigenvalue weighted by atomic mass is 35.5. The van der Waals surface area contributed by atoms with E-state index in [1.54, 1.807) is 47.9 Å². The van der Waals surface area contributed by atoms with E-state index in [1.807, 2.05) is 24.3 Å². The summed E-state index contributed by atoms with van der Waals surface area (Å²) in [5, 5.41) is 6.92. The number of benzene rings is 2. The van der Waals surface area contributed by atoms with Crippen LogP contribution in [-0.4, -0.2) is 34.8 Å². The zero-order chi connectivity index (χ0) is 27.4. The summed E-state index contributed by atoms with van der Waals surface area (Å²) in [7, 11) is 0. The summed E-state index contributed by atoms with van der Waals surface area (Å²) in [5.41, 5.74) is 9.64. The summed E-state index contributed by atoms with van der Waals surface area (Å²) >= 11 is 15.8. The number of nitrogens with one attached hydrogen (secondary N) is 1. The molecular weight excluding hydrogens is 571 g/mol. The Labute approximate surface area is 245 Å². The summed E-state index contributed by atoms with van der Waals surface area (Å²) < 4.78 is 0. The first kappa shape index (κ1) is 27.7. The highest BCUT2D eigenvalue weighted by Gasteiger charge is 2.27. The highest BCUT2D eigenvalue weighted by Crippen LogP contribution is 2.33. The van der Waals surface area contributed by atoms with Crippen molar-refractivity contribution in [3.8, 4) is 0 Å². The summed E-state index contributed by atoms with van der Waals surface area (Å²) in [5.74, 6) is -0.0516. The number of aromatic nitrogens is 1. The molecule has 0 fully saturated rings. The van der Waals surface area contributed by atoms with Gasteiger partial charge in [0.15, 0.2) is 0 Å². The number of hydrogen-bond acceptors (Lipinski definition) is 6. The van der Waals surface area contributed by atoms with Crippen LogP contribution in [0.25, 0.3) is 0 Å². The van der Waals surface area contributed by atoms with Gasteiger partial charge in [-0.1, -0.05) is 41.4 Å². The van der Waals surface area contributed by atoms with Crippen molar-refractivity contribution in [1.29, 1.82) is 0 Å². The molecule has 1 aliphatic heterocycles. The third-order valence-electron chi connectivity index (χ3n) is 6.69. The Morgan fingerprint density at radius 2 is 1.92 bits per heavy atom. The number of rotatable bonds is 9. The van der Waals surface area contributed by atoms with Crippen LogP contribution in [0.3, 0.4) is 0 Å². The van der Waals surface area contributed by atoms with Crippen LogP contribution in [0.5, 0.6) is 0 Å². The van der Waals surface area contributed by atoms with Crippen LogP contribution in [0.1, 0.15) is 48.3 Å². The van der Waals surface area contributed by atoms with E-state index in [0.717, 1.165) is 30.6 Å². The van der Waals surface area contributed by atoms with Gasteiger partial charge in [-0.05, 0) is 71.0 Å². The lowest BCUT2D eigenvalue weighted by Gasteiger charge is -2.35. The SMILES string of the molecule is NC(=O)c1ccc(CSc2ncccc2C(=O)NCC(c2ccc(Cl)c(Cl)c2)N2CCc3sccc3C2)cc1. The quantitative estimate of drug-likeness (QED) is 0.219. The Morgan fingerprint density at radius 3 is 2.69 bits per heavy atom. The van der Waals surface area contributed by atoms with E-state index >= 15 is 0 Å². The third kappa shape index (κ3) is 6.65. The van der Waals surface area contributed by atoms with E-state index in [2.05, 4.69) is 26.6 Å². The first-order valence-corrected chi connectivity index (χ1v) is 15.0. The number of carbonyl (C=O) groups excluding carboxylic acids is 2. The number of primary amides is 1. The number of hydrogen-bond donors (Lipinski definition) is 2. The van der Waals surface area contributed by atoms with Crippen LogP contribution in [0.2, 0.25) is 10.0 Å². The predicted octanol–water partition coefficient (Wildman–Crippen LogP) is 6.37. The molecule has 10 heteroatoms. The molecule has 4 aromatic rings. The van der Waals surface area contributed by atoms with Crippen LogP contribution < -0.4 is 11.1 Å². The van der Waals surface area contributed by atoms with E-state index < -0.39 is 5.91 Å². The van der Waals surface area contributed by atoms with Crippen molar-refractivity contribution in [1.82, 2.24) is 15.2 Å². The van der Waals surface area contributed by atoms with Crippen molar-refractivity contribution < 1.29 is 9.59 Å². The third-order valence-corrected chi connectivity index (χ3v) is 9.53. The molecule has 2 aromatic carbocycles. The van der Waals surface area contributed by atoms with Gasteiger partial charge in [-0.15, -0.1) is 23.1 Å². The molecule has 1 atom stereocenters. The number of pyridine rings is 1. The fourth-order valence-electron chi connectivity index (χ4n) is 4.59. The lowest BCUT2D eigenvalue weighted by molar-refractivity contribution is 0.0923. The largest absolute Gasteiger partial charge is 0.366 e. The molecule has 3 heterocycles. The molecule has 3 N–H and O–H groups in total. The molecule has 0 saturated carbocycles. The van der Waals surface area contributed by atoms with Gasteiger partial charge in [-0.3, -0.25) is 14.5 Å². The zero-order valence-corrected chi connectivity index (χ0v) is 24.0. The standard InChI is InChI=1S/C29H26Cl2N4O2S2/c30-23-8-7-20(14-24(23)31)25(35-12-9-26-21(16-35)10-13-38-26)15-34-28(37)22-2-1-11-33-29(22)39-17-18-3-5-19(6-4-18)27(32)36/h1-8,10-11,13-14,25H,9,12,15-17H2,(H2,32,36)(H,34,37). The summed E-state index contributed by atoms with van der Waals surface area (Å²) in [6.45, 7) is 2.10. The zero-order valence-electron chi connectivity index (χ0n) is 20.9. The second-order valence-corrected chi connectivity index (χ2v) is 12.0. The van der Waals surface area contributed by atoms with E-state index in [4.69, 9.17) is 28.9 Å². The Kier molecular flexibility index (Phi) is 8.89. The fourth-order valence-corrected chi connectivity index (χ4v) is 6.74. The van der Waals surface area contributed by atoms with Gasteiger partial charge in [0.25, 0.3) is 5.91 Å². The smallest absolute Gasteiger partial charge is 0.254 e. The summed E-state index contributed by atoms with van der Waals surface area (Å²) in [4.78, 5) is 33.0. The molecule has 0 saturated heterocycles. The molecule has 1 aliphatic rings. The molecule has 5 rings (SSSR count). The van der Waals surface area contributed by atoms with Gasteiger partial charge in [0.1, 0.15) is 5.03 Å². The van der Waals surface area contributed by atoms with Crippen LogP contribution in [0.15, 0.2) is 77.3 Å². The molecule has 0 spiro atoms. The predicted molar refractivity (Wildman–Crippen MR) is 159 cm³/mol. The maximum absolute atomic E-state index is 13.4. The molecule has 2 aromatic heterocycles. The molecule has 0 radical (unpaired) electrons. The Hall–Kier alpha value is -2.88. The summed E-state index contributed by atoms with van der Waals surface area (Å²) in [6.07, 6.45) is 2.66. The number of fused-ring (bicyclic) bond motifs is 1. The Bertz CT molecular complexity index is 1490. The number of carbonyl (C=O) groups is 2. The average Bonchev–Trinajstić information content (AvgIpc) is 3.42. The normalized spacial score (nSPS) is 14.0. The molecule has 200 valence electrons. The van der Waals surface area contributed by atoms with Gasteiger partial charge in [0.2, 0.25) is 5.91 Å². The molecule has 39 heavy (non-hydrogen) atoms. The first-order chi connectivity index (χ1) is 18.9. The molecule has 2 amide bonds. The molecular formula is C29H26Cl2N4O2S2. The maximum Gasteiger partial charge on any atom is 0.254 e. The van der Waals surface area contributed by atoms with E-state index in [0.29, 0.717) is 38.5 Å². The monoisotopic (exact) mass is 596 g/mol.